The summed E-state index contributed by atoms with van der Waals surface area (Å²) in [4.78, 5) is 143. The van der Waals surface area contributed by atoms with Crippen LogP contribution in [0.5, 0.6) is 5.75 Å². The number of hydrogen-bond donors (Lipinski definition) is 9. The molecule has 121 heavy (non-hydrogen) atoms. The number of nitrogens with one attached hydrogen (secondary N) is 9. The summed E-state index contributed by atoms with van der Waals surface area (Å²) >= 11 is 0. The lowest BCUT2D eigenvalue weighted by atomic mass is 9.95. The number of piperidine rings is 1. The van der Waals surface area contributed by atoms with Crippen molar-refractivity contribution in [1.29, 1.82) is 0 Å². The van der Waals surface area contributed by atoms with Crippen molar-refractivity contribution in [3.63, 3.8) is 0 Å². The topological polar surface area (TPSA) is 453 Å². The molecule has 1 aliphatic heterocycles. The van der Waals surface area contributed by atoms with Gasteiger partial charge in [-0.25, -0.2) is 19.9 Å². The van der Waals surface area contributed by atoms with Crippen LogP contribution in [-0.4, -0.2) is 280 Å². The van der Waals surface area contributed by atoms with E-state index in [2.05, 4.69) is 101 Å². The van der Waals surface area contributed by atoms with Crippen molar-refractivity contribution in [2.45, 2.75) is 84.1 Å². The zero-order chi connectivity index (χ0) is 86.5. The predicted octanol–water partition coefficient (Wildman–Crippen LogP) is 4.39. The molecular formula is C81H113N23O17. The largest absolute Gasteiger partial charge is 0.496 e. The van der Waals surface area contributed by atoms with Crippen molar-refractivity contribution in [2.24, 2.45) is 35.2 Å². The number of anilines is 4. The van der Waals surface area contributed by atoms with Gasteiger partial charge in [0.05, 0.1) is 126 Å². The van der Waals surface area contributed by atoms with Gasteiger partial charge in [0.2, 0.25) is 35.3 Å². The zero-order valence-corrected chi connectivity index (χ0v) is 70.7. The van der Waals surface area contributed by atoms with Crippen LogP contribution >= 0.6 is 0 Å². The smallest absolute Gasteiger partial charge is 0.291 e. The van der Waals surface area contributed by atoms with E-state index >= 15 is 0 Å². The third-order valence-electron chi connectivity index (χ3n) is 20.2. The van der Waals surface area contributed by atoms with Gasteiger partial charge in [-0.2, -0.15) is 0 Å². The molecule has 654 valence electrons. The quantitative estimate of drug-likeness (QED) is 0.0239. The predicted molar refractivity (Wildman–Crippen MR) is 447 cm³/mol. The van der Waals surface area contributed by atoms with Gasteiger partial charge in [0.1, 0.15) is 34.2 Å². The fraction of sp³-hybridized carbons (Fsp3) is 0.519. The van der Waals surface area contributed by atoms with E-state index in [0.717, 1.165) is 108 Å². The molecule has 1 aliphatic rings. The third-order valence-corrected chi connectivity index (χ3v) is 20.2. The highest BCUT2D eigenvalue weighted by molar-refractivity contribution is 6.07. The summed E-state index contributed by atoms with van der Waals surface area (Å²) in [6, 6.07) is 7.10. The molecule has 9 N–H and O–H groups in total. The molecule has 0 aliphatic carbocycles. The molecule has 9 aromatic rings. The van der Waals surface area contributed by atoms with Gasteiger partial charge in [0.15, 0.2) is 17.5 Å². The van der Waals surface area contributed by atoms with Crippen LogP contribution in [0, 0.1) is 13.8 Å². The number of nitrogens with zero attached hydrogens (tertiary/aromatic N) is 14. The molecule has 0 radical (unpaired) electrons. The Hall–Kier alpha value is -11.8. The average molecular weight is 1680 g/mol. The number of carbonyl (C=O) groups is 9. The van der Waals surface area contributed by atoms with Crippen LogP contribution in [0.1, 0.15) is 140 Å². The maximum absolute atomic E-state index is 13.3. The van der Waals surface area contributed by atoms with E-state index in [1.807, 2.05) is 27.1 Å². The van der Waals surface area contributed by atoms with Crippen LogP contribution in [0.15, 0.2) is 72.2 Å². The zero-order valence-electron chi connectivity index (χ0n) is 70.7. The molecule has 0 unspecified atom stereocenters. The molecule has 9 heterocycles. The Labute approximate surface area is 700 Å². The minimum atomic E-state index is -0.638. The number of aromatic nitrogens is 12. The Balaban J connectivity index is 0.483. The fourth-order valence-electron chi connectivity index (χ4n) is 14.0. The van der Waals surface area contributed by atoms with Crippen LogP contribution in [-0.2, 0) is 82.8 Å². The van der Waals surface area contributed by atoms with Crippen LogP contribution in [0.4, 0.5) is 23.0 Å². The number of rotatable bonds is 50. The minimum Gasteiger partial charge on any atom is -0.496 e. The summed E-state index contributed by atoms with van der Waals surface area (Å²) in [6.45, 7) is 16.0. The summed E-state index contributed by atoms with van der Waals surface area (Å²) < 4.78 is 55.4. The number of methoxy groups -OCH3 is 2. The Morgan fingerprint density at radius 3 is 1.57 bits per heavy atom. The standard InChI is InChI=1S/C81H113N23O17/c1-52(51-114-10)104-72-58-45-64(115-11)59(71-53(2)96-121-54(71)3)44-60(58)88-46-61(72)91-73(104)55-17-28-103(29-18-55)31-33-117-35-37-119-39-41-120-40-38-118-36-34-116-32-19-68(106)83-21-13-27-97(4)26-12-20-82-67(105)14-22-87-79(111)75-94-65(49-101(75)8)92-69(107)15-23-86-78(110)63-43-57(48-100(63)7)90-81(113)76-95-66(50-102(76)9)93-70(108)16-24-85-77(109)62-42-56(47-99(62)6)89-80(112)74-84-25-30-98(74)5/h25,30,42-50,52,55H,12-24,26-29,31-41,51H2,1-11H3,(H,82,105)(H,83,106)(H,85,109)(H,86,110)(H,87,111)(H,89,112)(H,90,113)(H,92,107)(H,93,108)/t52-/m1/s1. The van der Waals surface area contributed by atoms with Crippen LogP contribution in [0.2, 0.25) is 0 Å². The van der Waals surface area contributed by atoms with Crippen molar-refractivity contribution >= 4 is 98.1 Å². The van der Waals surface area contributed by atoms with Gasteiger partial charge in [0, 0.05) is 161 Å². The van der Waals surface area contributed by atoms with E-state index in [4.69, 9.17) is 47.6 Å². The maximum Gasteiger partial charge on any atom is 0.291 e. The molecule has 1 atom stereocenters. The number of hydrogen-bond acceptors (Lipinski definition) is 25. The number of pyridine rings is 1. The van der Waals surface area contributed by atoms with E-state index < -0.39 is 41.4 Å². The Bertz CT molecular complexity index is 4990. The van der Waals surface area contributed by atoms with E-state index in [1.54, 1.807) is 66.4 Å². The Morgan fingerprint density at radius 2 is 1.05 bits per heavy atom. The second-order valence-corrected chi connectivity index (χ2v) is 29.5. The number of likely N-dealkylation sites (tertiary alicyclic amines) is 1. The Morgan fingerprint density at radius 1 is 0.537 bits per heavy atom. The van der Waals surface area contributed by atoms with E-state index in [0.29, 0.717) is 91.3 Å². The lowest BCUT2D eigenvalue weighted by Gasteiger charge is -2.32. The van der Waals surface area contributed by atoms with Gasteiger partial charge in [-0.3, -0.25) is 48.1 Å². The molecule has 0 bridgehead atoms. The molecule has 40 heteroatoms. The molecule has 0 spiro atoms. The van der Waals surface area contributed by atoms with Gasteiger partial charge < -0.3 is 123 Å². The molecule has 10 rings (SSSR count). The summed E-state index contributed by atoms with van der Waals surface area (Å²) in [6.07, 6.45) is 14.4. The second-order valence-electron chi connectivity index (χ2n) is 29.5. The first-order chi connectivity index (χ1) is 58.4. The highest BCUT2D eigenvalue weighted by Gasteiger charge is 2.30. The van der Waals surface area contributed by atoms with Gasteiger partial charge in [-0.05, 0) is 104 Å². The molecule has 9 amide bonds. The van der Waals surface area contributed by atoms with Gasteiger partial charge in [-0.15, -0.1) is 0 Å². The SMILES string of the molecule is COC[C@@H](C)n1c(C2CCN(CCOCCOCCOCCOCCOCCC(=O)NCCCN(C)CCCNC(=O)CCNC(=O)c3nc(NC(=O)CCNC(=O)c4cc(NC(=O)c5nc(NC(=O)CCNC(=O)c6cc(NC(=O)c7nccn7C)cn6C)cn5C)cn4C)cn3C)CC2)nc2cnc3cc(-c4c(C)noc4C)c(OC)cc3c21. The summed E-state index contributed by atoms with van der Waals surface area (Å²) in [5.41, 5.74) is 6.38. The van der Waals surface area contributed by atoms with E-state index in [9.17, 15) is 43.2 Å². The first kappa shape index (κ1) is 91.5. The normalized spacial score (nSPS) is 12.8. The summed E-state index contributed by atoms with van der Waals surface area (Å²) in [7, 11) is 13.4. The van der Waals surface area contributed by atoms with Crippen molar-refractivity contribution in [2.75, 3.05) is 181 Å². The maximum atomic E-state index is 13.3. The van der Waals surface area contributed by atoms with Crippen molar-refractivity contribution in [3.8, 4) is 16.9 Å². The highest BCUT2D eigenvalue weighted by Crippen LogP contribution is 2.41. The first-order valence-electron chi connectivity index (χ1n) is 40.4. The summed E-state index contributed by atoms with van der Waals surface area (Å²) in [5.74, 6) is -0.836. The number of aryl methyl sites for hydroxylation is 7. The minimum absolute atomic E-state index is 0.00113. The lowest BCUT2D eigenvalue weighted by molar-refractivity contribution is -0.122. The number of fused-ring (bicyclic) bond motifs is 3. The average Bonchev–Trinajstić information content (AvgIpc) is 1.62. The molecule has 1 saturated heterocycles. The van der Waals surface area contributed by atoms with E-state index in [-0.39, 0.29) is 122 Å². The number of benzene rings is 1. The van der Waals surface area contributed by atoms with Gasteiger partial charge >= 0.3 is 0 Å². The number of ether oxygens (including phenoxy) is 7. The highest BCUT2D eigenvalue weighted by atomic mass is 16.6. The number of carbonyl (C=O) groups excluding carboxylic acids is 9. The monoisotopic (exact) mass is 1680 g/mol. The van der Waals surface area contributed by atoms with Crippen molar-refractivity contribution in [1.82, 2.24) is 93.9 Å². The van der Waals surface area contributed by atoms with Crippen LogP contribution in [0.3, 0.4) is 0 Å². The number of amides is 9. The number of imidazole rings is 4. The van der Waals surface area contributed by atoms with Crippen molar-refractivity contribution < 1.29 is 80.8 Å². The second kappa shape index (κ2) is 45.6. The van der Waals surface area contributed by atoms with Gasteiger partial charge in [-0.1, -0.05) is 5.16 Å². The molecule has 40 nitrogen and oxygen atoms in total. The lowest BCUT2D eigenvalue weighted by Crippen LogP contribution is -2.36. The molecule has 0 saturated carbocycles. The first-order valence-corrected chi connectivity index (χ1v) is 40.4. The summed E-state index contributed by atoms with van der Waals surface area (Å²) in [5, 5.41) is 29.6. The van der Waals surface area contributed by atoms with E-state index in [1.165, 1.54) is 55.2 Å². The molecule has 1 fully saturated rings. The van der Waals surface area contributed by atoms with Crippen molar-refractivity contribution in [3.05, 3.63) is 114 Å². The molecule has 1 aromatic carbocycles. The fourth-order valence-corrected chi connectivity index (χ4v) is 14.0. The molecular weight excluding hydrogens is 1570 g/mol. The van der Waals surface area contributed by atoms with Crippen LogP contribution in [0.25, 0.3) is 33.1 Å². The molecule has 8 aromatic heterocycles. The third kappa shape index (κ3) is 26.4. The van der Waals surface area contributed by atoms with Crippen LogP contribution < -0.4 is 52.6 Å². The van der Waals surface area contributed by atoms with Gasteiger partial charge in [0.25, 0.3) is 29.5 Å². The Kier molecular flexibility index (Phi) is 34.5.